The Labute approximate surface area is 459 Å². The van der Waals surface area contributed by atoms with Gasteiger partial charge in [0.25, 0.3) is 0 Å². The van der Waals surface area contributed by atoms with Crippen molar-refractivity contribution in [3.63, 3.8) is 0 Å². The highest BCUT2D eigenvalue weighted by Crippen LogP contribution is 2.21. The van der Waals surface area contributed by atoms with Gasteiger partial charge in [-0.3, -0.25) is 47.9 Å². The van der Waals surface area contributed by atoms with Crippen molar-refractivity contribution < 1.29 is 63.3 Å². The van der Waals surface area contributed by atoms with Crippen molar-refractivity contribution in [2.75, 3.05) is 39.3 Å². The number of aliphatic hydroxyl groups is 3. The summed E-state index contributed by atoms with van der Waals surface area (Å²) in [5, 5.41) is 46.5. The Morgan fingerprint density at radius 2 is 1.19 bits per heavy atom. The van der Waals surface area contributed by atoms with Crippen LogP contribution in [0.5, 0.6) is 0 Å². The fourth-order valence-electron chi connectivity index (χ4n) is 9.37. The number of benzene rings is 1. The van der Waals surface area contributed by atoms with Crippen LogP contribution in [0.1, 0.15) is 136 Å². The van der Waals surface area contributed by atoms with Gasteiger partial charge in [-0.25, -0.2) is 0 Å². The molecule has 11 atom stereocenters. The molecule has 0 aliphatic carbocycles. The summed E-state index contributed by atoms with van der Waals surface area (Å²) >= 11 is 0. The molecule has 23 heteroatoms. The quantitative estimate of drug-likeness (QED) is 0.0448. The molecule has 0 spiro atoms. The average Bonchev–Trinajstić information content (AvgIpc) is 3.38. The van der Waals surface area contributed by atoms with Crippen molar-refractivity contribution in [1.29, 1.82) is 0 Å². The highest BCUT2D eigenvalue weighted by molar-refractivity contribution is 5.98. The summed E-state index contributed by atoms with van der Waals surface area (Å²) in [5.41, 5.74) is 24.3. The Morgan fingerprint density at radius 1 is 0.654 bits per heavy atom. The molecule has 1 heterocycles. The van der Waals surface area contributed by atoms with Gasteiger partial charge in [0.15, 0.2) is 17.3 Å². The molecule has 1 aliphatic rings. The number of amides is 6. The van der Waals surface area contributed by atoms with Gasteiger partial charge < -0.3 is 70.2 Å². The highest BCUT2D eigenvalue weighted by atomic mass is 16.3. The fourth-order valence-corrected chi connectivity index (χ4v) is 9.37. The van der Waals surface area contributed by atoms with Gasteiger partial charge in [-0.05, 0) is 109 Å². The van der Waals surface area contributed by atoms with Crippen LogP contribution >= 0.6 is 0 Å². The summed E-state index contributed by atoms with van der Waals surface area (Å²) in [6, 6.07) is 2.43. The molecule has 0 bridgehead atoms. The van der Waals surface area contributed by atoms with Crippen molar-refractivity contribution >= 4 is 58.6 Å². The Kier molecular flexibility index (Phi) is 32.8. The highest BCUT2D eigenvalue weighted by Gasteiger charge is 2.37. The molecule has 0 saturated carbocycles. The zero-order valence-corrected chi connectivity index (χ0v) is 46.3. The molecule has 17 N–H and O–H groups in total. The Bertz CT molecular complexity index is 2080. The maximum atomic E-state index is 14.5. The van der Waals surface area contributed by atoms with Gasteiger partial charge in [-0.15, -0.1) is 0 Å². The molecule has 1 aromatic carbocycles. The van der Waals surface area contributed by atoms with Crippen LogP contribution in [0, 0.1) is 29.6 Å². The first-order valence-corrected chi connectivity index (χ1v) is 27.8. The molecule has 1 aliphatic heterocycles. The minimum atomic E-state index is -1.41. The molecule has 23 nitrogen and oxygen atoms in total. The lowest BCUT2D eigenvalue weighted by atomic mass is 9.89. The van der Waals surface area contributed by atoms with E-state index in [9.17, 15) is 58.2 Å². The summed E-state index contributed by atoms with van der Waals surface area (Å²) in [7, 11) is 0. The summed E-state index contributed by atoms with van der Waals surface area (Å²) in [6.45, 7) is 5.71. The maximum Gasteiger partial charge on any atom is 0.243 e. The second kappa shape index (κ2) is 37.3. The van der Waals surface area contributed by atoms with Crippen LogP contribution in [0.25, 0.3) is 0 Å². The number of Topliss-reactive ketones (excluding diaryl/α,β-unsaturated/α-hetero) is 4. The van der Waals surface area contributed by atoms with Gasteiger partial charge in [-0.2, -0.15) is 0 Å². The zero-order valence-electron chi connectivity index (χ0n) is 46.3. The molecule has 0 radical (unpaired) electrons. The minimum absolute atomic E-state index is 0.0290. The Hall–Kier alpha value is -5.56. The SMILES string of the molecule is CC(C)C[C@@H]1NC(=O)[C@@H](Cc2ccccc2)CC(=O)[C@H](CCN)NC(=O)[C@@H](CC(=O)[C@H](CCN)NC(=O)[C@@H](CC(=O)CCCCCCCO)C(C)O)CCNC(=O)[C@H](C(C)O)CC(=O)[C@H](CCN)NC(=O)[C@H](CCN)NC1=O. The van der Waals surface area contributed by atoms with Crippen LogP contribution in [0.4, 0.5) is 0 Å². The second-order valence-electron chi connectivity index (χ2n) is 21.1. The van der Waals surface area contributed by atoms with Crippen molar-refractivity contribution in [1.82, 2.24) is 31.9 Å². The molecule has 1 saturated heterocycles. The van der Waals surface area contributed by atoms with Crippen molar-refractivity contribution in [3.05, 3.63) is 35.9 Å². The molecule has 78 heavy (non-hydrogen) atoms. The number of carbonyl (C=O) groups is 10. The number of hydrogen-bond donors (Lipinski definition) is 13. The first-order valence-electron chi connectivity index (χ1n) is 27.8. The van der Waals surface area contributed by atoms with Gasteiger partial charge in [0.05, 0.1) is 42.2 Å². The van der Waals surface area contributed by atoms with Gasteiger partial charge in [0.2, 0.25) is 35.4 Å². The third kappa shape index (κ3) is 25.1. The lowest BCUT2D eigenvalue weighted by Gasteiger charge is -2.28. The number of carbonyl (C=O) groups excluding carboxylic acids is 10. The topological polar surface area (TPSA) is 408 Å². The smallest absolute Gasteiger partial charge is 0.243 e. The van der Waals surface area contributed by atoms with Crippen molar-refractivity contribution in [2.45, 2.75) is 179 Å². The van der Waals surface area contributed by atoms with Crippen LogP contribution in [-0.2, 0) is 54.4 Å². The third-order valence-corrected chi connectivity index (χ3v) is 14.0. The number of rotatable bonds is 28. The number of ketones is 4. The van der Waals surface area contributed by atoms with E-state index in [1.807, 2.05) is 13.8 Å². The van der Waals surface area contributed by atoms with Gasteiger partial charge >= 0.3 is 0 Å². The van der Waals surface area contributed by atoms with Crippen LogP contribution in [0.2, 0.25) is 0 Å². The molecule has 1 fully saturated rings. The standard InChI is InChI=1S/C55H92N10O13/c1-33(2)27-46-55(78)64-45(19-24-59)54(77)63-44(18-23-58)49(72)32-41(35(4)68)52(75)60-25-20-37(50(73)61-42(16-21-56)48(71)30-38(51(74)65-46)28-36-13-9-8-10-14-36)29-47(70)43(17-22-57)62-53(76)40(34(3)67)31-39(69)15-11-6-5-7-12-26-66/h8-10,13-14,33-35,37-38,40-46,66-68H,5-7,11-12,15-32,56-59H2,1-4H3,(H,60,75)(H,61,73)(H,62,76)(H,63,77)(H,64,78)(H,65,74)/t34?,35?,37-,38+,40+,41+,42+,43+,44+,45+,46+/m1/s1. The number of hydrogen-bond acceptors (Lipinski definition) is 17. The summed E-state index contributed by atoms with van der Waals surface area (Å²) in [4.78, 5) is 140. The third-order valence-electron chi connectivity index (χ3n) is 14.0. The minimum Gasteiger partial charge on any atom is -0.396 e. The van der Waals surface area contributed by atoms with E-state index in [1.165, 1.54) is 13.8 Å². The molecule has 0 aromatic heterocycles. The maximum absolute atomic E-state index is 14.5. The Morgan fingerprint density at radius 3 is 1.77 bits per heavy atom. The molecule has 6 amide bonds. The van der Waals surface area contributed by atoms with E-state index < -0.39 is 138 Å². The molecule has 1 aromatic rings. The van der Waals surface area contributed by atoms with Crippen LogP contribution in [-0.4, -0.2) is 156 Å². The lowest BCUT2D eigenvalue weighted by Crippen LogP contribution is -2.57. The van der Waals surface area contributed by atoms with Gasteiger partial charge in [-0.1, -0.05) is 63.4 Å². The van der Waals surface area contributed by atoms with Crippen molar-refractivity contribution in [2.24, 2.45) is 52.5 Å². The van der Waals surface area contributed by atoms with E-state index in [4.69, 9.17) is 28.0 Å². The molecular formula is C55H92N10O13. The van der Waals surface area contributed by atoms with Crippen LogP contribution in [0.15, 0.2) is 30.3 Å². The molecular weight excluding hydrogens is 1010 g/mol. The number of nitrogens with two attached hydrogens (primary N) is 4. The monoisotopic (exact) mass is 1100 g/mol. The van der Waals surface area contributed by atoms with Gasteiger partial charge in [0, 0.05) is 57.1 Å². The fraction of sp³-hybridized carbons (Fsp3) is 0.709. The number of nitrogens with one attached hydrogen (secondary N) is 6. The van der Waals surface area contributed by atoms with Crippen molar-refractivity contribution in [3.8, 4) is 0 Å². The van der Waals surface area contributed by atoms with E-state index in [0.717, 1.165) is 19.3 Å². The number of unbranched alkanes of at least 4 members (excludes halogenated alkanes) is 4. The average molecular weight is 1100 g/mol. The van der Waals surface area contributed by atoms with Crippen LogP contribution in [0.3, 0.4) is 0 Å². The van der Waals surface area contributed by atoms with E-state index in [0.29, 0.717) is 18.4 Å². The zero-order chi connectivity index (χ0) is 58.3. The first kappa shape index (κ1) is 68.5. The molecule has 2 rings (SSSR count). The summed E-state index contributed by atoms with van der Waals surface area (Å²) in [6.07, 6.45) is -1.34. The van der Waals surface area contributed by atoms with Crippen LogP contribution < -0.4 is 54.8 Å². The predicted octanol–water partition coefficient (Wildman–Crippen LogP) is -0.990. The molecule has 440 valence electrons. The lowest BCUT2D eigenvalue weighted by molar-refractivity contribution is -0.137. The first-order chi connectivity index (χ1) is 37.1. The molecule has 2 unspecified atom stereocenters. The summed E-state index contributed by atoms with van der Waals surface area (Å²) < 4.78 is 0. The summed E-state index contributed by atoms with van der Waals surface area (Å²) in [5.74, 6) is -12.0. The largest absolute Gasteiger partial charge is 0.396 e. The van der Waals surface area contributed by atoms with E-state index >= 15 is 0 Å². The van der Waals surface area contributed by atoms with E-state index in [2.05, 4.69) is 31.9 Å². The van der Waals surface area contributed by atoms with E-state index in [-0.39, 0.29) is 109 Å². The predicted molar refractivity (Wildman–Crippen MR) is 292 cm³/mol. The second-order valence-corrected chi connectivity index (χ2v) is 21.1. The Balaban J connectivity index is 2.68. The normalized spacial score (nSPS) is 23.4. The van der Waals surface area contributed by atoms with Gasteiger partial charge in [0.1, 0.15) is 17.9 Å². The number of aliphatic hydroxyl groups excluding tert-OH is 3. The van der Waals surface area contributed by atoms with E-state index in [1.54, 1.807) is 30.3 Å².